The van der Waals surface area contributed by atoms with Gasteiger partial charge in [-0.25, -0.2) is 18.2 Å². The summed E-state index contributed by atoms with van der Waals surface area (Å²) < 4.78 is 28.1. The standard InChI is InChI=1S/C14H13NO5S/c1-9-7-10(14(16)17)8-13(15-9)20-11-3-5-12(6-4-11)21(2,18)19/h3-8H,1-2H3,(H,16,17). The van der Waals surface area contributed by atoms with E-state index in [-0.39, 0.29) is 16.3 Å². The van der Waals surface area contributed by atoms with Gasteiger partial charge in [-0.3, -0.25) is 0 Å². The zero-order valence-corrected chi connectivity index (χ0v) is 12.2. The van der Waals surface area contributed by atoms with Crippen LogP contribution in [0.2, 0.25) is 0 Å². The Labute approximate surface area is 121 Å². The SMILES string of the molecule is Cc1cc(C(=O)O)cc(Oc2ccc(S(C)(=O)=O)cc2)n1. The molecule has 0 atom stereocenters. The number of carboxylic acids is 1. The first kappa shape index (κ1) is 15.0. The molecule has 0 aliphatic heterocycles. The molecule has 1 N–H and O–H groups in total. The third-order valence-electron chi connectivity index (χ3n) is 2.65. The zero-order valence-electron chi connectivity index (χ0n) is 11.4. The van der Waals surface area contributed by atoms with Gasteiger partial charge in [0.05, 0.1) is 10.5 Å². The van der Waals surface area contributed by atoms with Crippen molar-refractivity contribution in [1.29, 1.82) is 0 Å². The maximum atomic E-state index is 11.3. The van der Waals surface area contributed by atoms with E-state index < -0.39 is 15.8 Å². The fourth-order valence-electron chi connectivity index (χ4n) is 1.69. The molecule has 1 aromatic heterocycles. The summed E-state index contributed by atoms with van der Waals surface area (Å²) >= 11 is 0. The van der Waals surface area contributed by atoms with Gasteiger partial charge in [-0.1, -0.05) is 0 Å². The Balaban J connectivity index is 2.28. The maximum Gasteiger partial charge on any atom is 0.335 e. The summed E-state index contributed by atoms with van der Waals surface area (Å²) in [5.74, 6) is -0.561. The highest BCUT2D eigenvalue weighted by molar-refractivity contribution is 7.90. The van der Waals surface area contributed by atoms with Gasteiger partial charge in [0.25, 0.3) is 0 Å². The summed E-state index contributed by atoms with van der Waals surface area (Å²) in [6, 6.07) is 8.54. The topological polar surface area (TPSA) is 93.6 Å². The van der Waals surface area contributed by atoms with E-state index in [4.69, 9.17) is 9.84 Å². The van der Waals surface area contributed by atoms with Crippen molar-refractivity contribution in [3.8, 4) is 11.6 Å². The number of nitrogens with zero attached hydrogens (tertiary/aromatic N) is 1. The second-order valence-corrected chi connectivity index (χ2v) is 6.50. The monoisotopic (exact) mass is 307 g/mol. The Morgan fingerprint density at radius 1 is 1.19 bits per heavy atom. The summed E-state index contributed by atoms with van der Waals surface area (Å²) in [5, 5.41) is 8.98. The van der Waals surface area contributed by atoms with E-state index in [2.05, 4.69) is 4.98 Å². The van der Waals surface area contributed by atoms with Gasteiger partial charge in [0, 0.05) is 18.0 Å². The smallest absolute Gasteiger partial charge is 0.335 e. The summed E-state index contributed by atoms with van der Waals surface area (Å²) in [6.07, 6.45) is 1.12. The lowest BCUT2D eigenvalue weighted by molar-refractivity contribution is 0.0696. The predicted octanol–water partition coefficient (Wildman–Crippen LogP) is 2.28. The molecule has 7 heteroatoms. The number of carbonyl (C=O) groups is 1. The number of pyridine rings is 1. The van der Waals surface area contributed by atoms with E-state index in [9.17, 15) is 13.2 Å². The van der Waals surface area contributed by atoms with E-state index in [1.807, 2.05) is 0 Å². The van der Waals surface area contributed by atoms with E-state index in [1.54, 1.807) is 6.92 Å². The Hall–Kier alpha value is -2.41. The lowest BCUT2D eigenvalue weighted by atomic mass is 10.2. The Morgan fingerprint density at radius 2 is 1.81 bits per heavy atom. The Bertz CT molecular complexity index is 782. The van der Waals surface area contributed by atoms with Crippen LogP contribution < -0.4 is 4.74 Å². The van der Waals surface area contributed by atoms with Crippen molar-refractivity contribution in [2.24, 2.45) is 0 Å². The first-order valence-electron chi connectivity index (χ1n) is 5.95. The average molecular weight is 307 g/mol. The molecule has 0 aliphatic carbocycles. The molecule has 1 aromatic carbocycles. The second-order valence-electron chi connectivity index (χ2n) is 4.49. The van der Waals surface area contributed by atoms with E-state index >= 15 is 0 Å². The molecule has 0 unspecified atom stereocenters. The fourth-order valence-corrected chi connectivity index (χ4v) is 2.32. The third-order valence-corrected chi connectivity index (χ3v) is 3.78. The Morgan fingerprint density at radius 3 is 2.33 bits per heavy atom. The van der Waals surface area contributed by atoms with Gasteiger partial charge in [0.15, 0.2) is 9.84 Å². The lowest BCUT2D eigenvalue weighted by Gasteiger charge is -2.07. The van der Waals surface area contributed by atoms with E-state index in [0.29, 0.717) is 11.4 Å². The van der Waals surface area contributed by atoms with E-state index in [0.717, 1.165) is 6.26 Å². The average Bonchev–Trinajstić information content (AvgIpc) is 2.37. The zero-order chi connectivity index (χ0) is 15.6. The van der Waals surface area contributed by atoms with Crippen molar-refractivity contribution >= 4 is 15.8 Å². The van der Waals surface area contributed by atoms with Crippen molar-refractivity contribution in [1.82, 2.24) is 4.98 Å². The number of hydrogen-bond donors (Lipinski definition) is 1. The molecule has 21 heavy (non-hydrogen) atoms. The molecular formula is C14H13NO5S. The fraction of sp³-hybridized carbons (Fsp3) is 0.143. The minimum absolute atomic E-state index is 0.0743. The van der Waals surface area contributed by atoms with Crippen LogP contribution in [0.25, 0.3) is 0 Å². The first-order chi connectivity index (χ1) is 9.75. The van der Waals surface area contributed by atoms with Crippen LogP contribution >= 0.6 is 0 Å². The van der Waals surface area contributed by atoms with Crippen LogP contribution in [-0.2, 0) is 9.84 Å². The highest BCUT2D eigenvalue weighted by atomic mass is 32.2. The normalized spacial score (nSPS) is 11.1. The van der Waals surface area contributed by atoms with Crippen molar-refractivity contribution in [2.45, 2.75) is 11.8 Å². The van der Waals surface area contributed by atoms with Crippen molar-refractivity contribution < 1.29 is 23.1 Å². The molecule has 1 heterocycles. The van der Waals surface area contributed by atoms with Gasteiger partial charge in [-0.15, -0.1) is 0 Å². The molecule has 0 radical (unpaired) electrons. The second kappa shape index (κ2) is 5.53. The molecule has 0 amide bonds. The van der Waals surface area contributed by atoms with Crippen LogP contribution in [0.15, 0.2) is 41.3 Å². The summed E-state index contributed by atoms with van der Waals surface area (Å²) in [5.41, 5.74) is 0.586. The largest absolute Gasteiger partial charge is 0.478 e. The number of aromatic nitrogens is 1. The van der Waals surface area contributed by atoms with Crippen LogP contribution in [0, 0.1) is 6.92 Å². The van der Waals surface area contributed by atoms with Gasteiger partial charge in [0.2, 0.25) is 5.88 Å². The molecule has 6 nitrogen and oxygen atoms in total. The quantitative estimate of drug-likeness (QED) is 0.931. The highest BCUT2D eigenvalue weighted by Crippen LogP contribution is 2.22. The van der Waals surface area contributed by atoms with Crippen LogP contribution in [0.1, 0.15) is 16.1 Å². The molecule has 0 saturated heterocycles. The van der Waals surface area contributed by atoms with Crippen LogP contribution in [-0.4, -0.2) is 30.7 Å². The van der Waals surface area contributed by atoms with Gasteiger partial charge >= 0.3 is 5.97 Å². The lowest BCUT2D eigenvalue weighted by Crippen LogP contribution is -2.00. The molecule has 0 aliphatic rings. The highest BCUT2D eigenvalue weighted by Gasteiger charge is 2.10. The van der Waals surface area contributed by atoms with Gasteiger partial charge < -0.3 is 9.84 Å². The van der Waals surface area contributed by atoms with Gasteiger partial charge in [0.1, 0.15) is 5.75 Å². The number of aromatic carboxylic acids is 1. The number of ether oxygens (including phenoxy) is 1. The van der Waals surface area contributed by atoms with Gasteiger partial charge in [-0.2, -0.15) is 0 Å². The molecule has 0 bridgehead atoms. The van der Waals surface area contributed by atoms with Crippen molar-refractivity contribution in [3.63, 3.8) is 0 Å². The number of aryl methyl sites for hydroxylation is 1. The molecule has 0 spiro atoms. The van der Waals surface area contributed by atoms with Crippen molar-refractivity contribution in [3.05, 3.63) is 47.7 Å². The first-order valence-corrected chi connectivity index (χ1v) is 7.85. The number of rotatable bonds is 4. The van der Waals surface area contributed by atoms with E-state index in [1.165, 1.54) is 36.4 Å². The predicted molar refractivity (Wildman–Crippen MR) is 75.6 cm³/mol. The third kappa shape index (κ3) is 3.79. The molecule has 2 aromatic rings. The van der Waals surface area contributed by atoms with Crippen LogP contribution in [0.3, 0.4) is 0 Å². The Kier molecular flexibility index (Phi) is 3.95. The van der Waals surface area contributed by atoms with Crippen LogP contribution in [0.5, 0.6) is 11.6 Å². The molecule has 0 saturated carbocycles. The number of benzene rings is 1. The minimum atomic E-state index is -3.27. The van der Waals surface area contributed by atoms with Crippen molar-refractivity contribution in [2.75, 3.05) is 6.26 Å². The summed E-state index contributed by atoms with van der Waals surface area (Å²) in [7, 11) is -3.27. The van der Waals surface area contributed by atoms with Crippen LogP contribution in [0.4, 0.5) is 0 Å². The molecule has 110 valence electrons. The maximum absolute atomic E-state index is 11.3. The minimum Gasteiger partial charge on any atom is -0.478 e. The van der Waals surface area contributed by atoms with Gasteiger partial charge in [-0.05, 0) is 37.3 Å². The molecule has 2 rings (SSSR count). The molecule has 0 fully saturated rings. The summed E-state index contributed by atoms with van der Waals surface area (Å²) in [6.45, 7) is 1.66. The summed E-state index contributed by atoms with van der Waals surface area (Å²) in [4.78, 5) is 15.2. The number of sulfone groups is 1. The number of carboxylic acid groups (broad SMARTS) is 1. The molecular weight excluding hydrogens is 294 g/mol. The number of hydrogen-bond acceptors (Lipinski definition) is 5.